The molecule has 3 aromatic rings. The van der Waals surface area contributed by atoms with Crippen LogP contribution < -0.4 is 0 Å². The van der Waals surface area contributed by atoms with Gasteiger partial charge in [-0.1, -0.05) is 42.5 Å². The molecule has 2 aromatic carbocycles. The van der Waals surface area contributed by atoms with E-state index in [0.29, 0.717) is 19.8 Å². The molecule has 0 spiro atoms. The molecule has 0 radical (unpaired) electrons. The predicted octanol–water partition coefficient (Wildman–Crippen LogP) is 2.36. The molecule has 0 atom stereocenters. The standard InChI is InChI=1S/C18H18N4O/c23-18-12-21(13-22(18)10-14-5-2-1-3-6-14)11-15-7-4-8-17-16(15)9-19-20-17/h1-9H,10-13H2,(H,19,20). The van der Waals surface area contributed by atoms with Crippen molar-refractivity contribution in [2.75, 3.05) is 13.2 Å². The molecule has 1 amide bonds. The van der Waals surface area contributed by atoms with E-state index in [2.05, 4.69) is 33.3 Å². The number of nitrogens with one attached hydrogen (secondary N) is 1. The van der Waals surface area contributed by atoms with E-state index in [0.717, 1.165) is 17.4 Å². The minimum absolute atomic E-state index is 0.188. The Morgan fingerprint density at radius 3 is 2.78 bits per heavy atom. The minimum atomic E-state index is 0.188. The summed E-state index contributed by atoms with van der Waals surface area (Å²) in [7, 11) is 0. The summed E-state index contributed by atoms with van der Waals surface area (Å²) < 4.78 is 0. The lowest BCUT2D eigenvalue weighted by Gasteiger charge is -2.18. The summed E-state index contributed by atoms with van der Waals surface area (Å²) in [6, 6.07) is 16.3. The number of nitrogens with zero attached hydrogens (tertiary/aromatic N) is 3. The van der Waals surface area contributed by atoms with E-state index < -0.39 is 0 Å². The first-order valence-corrected chi connectivity index (χ1v) is 7.74. The van der Waals surface area contributed by atoms with Crippen LogP contribution in [-0.4, -0.2) is 39.1 Å². The van der Waals surface area contributed by atoms with E-state index in [4.69, 9.17) is 0 Å². The van der Waals surface area contributed by atoms with Crippen LogP contribution in [-0.2, 0) is 17.9 Å². The van der Waals surface area contributed by atoms with Gasteiger partial charge in [0.15, 0.2) is 0 Å². The van der Waals surface area contributed by atoms with Crippen LogP contribution in [0.15, 0.2) is 54.7 Å². The molecule has 5 nitrogen and oxygen atoms in total. The van der Waals surface area contributed by atoms with Crippen molar-refractivity contribution in [3.8, 4) is 0 Å². The molecule has 4 rings (SSSR count). The first-order chi connectivity index (χ1) is 11.3. The van der Waals surface area contributed by atoms with E-state index >= 15 is 0 Å². The Hall–Kier alpha value is -2.66. The zero-order valence-electron chi connectivity index (χ0n) is 12.8. The van der Waals surface area contributed by atoms with Gasteiger partial charge in [-0.2, -0.15) is 5.10 Å². The van der Waals surface area contributed by atoms with Crippen molar-refractivity contribution in [1.29, 1.82) is 0 Å². The molecule has 0 unspecified atom stereocenters. The molecule has 1 saturated heterocycles. The largest absolute Gasteiger partial charge is 0.324 e. The number of amides is 1. The highest BCUT2D eigenvalue weighted by atomic mass is 16.2. The molecule has 1 aliphatic heterocycles. The number of H-pyrrole nitrogens is 1. The number of aromatic amines is 1. The molecule has 1 aromatic heterocycles. The van der Waals surface area contributed by atoms with Crippen molar-refractivity contribution in [2.45, 2.75) is 13.1 Å². The van der Waals surface area contributed by atoms with Crippen molar-refractivity contribution in [2.24, 2.45) is 0 Å². The molecule has 1 fully saturated rings. The van der Waals surface area contributed by atoms with Gasteiger partial charge >= 0.3 is 0 Å². The van der Waals surface area contributed by atoms with Gasteiger partial charge in [0.1, 0.15) is 0 Å². The molecule has 1 aliphatic rings. The topological polar surface area (TPSA) is 52.2 Å². The molecule has 5 heteroatoms. The highest BCUT2D eigenvalue weighted by Crippen LogP contribution is 2.20. The highest BCUT2D eigenvalue weighted by Gasteiger charge is 2.27. The van der Waals surface area contributed by atoms with E-state index in [1.165, 1.54) is 11.1 Å². The maximum absolute atomic E-state index is 12.3. The van der Waals surface area contributed by atoms with Crippen LogP contribution >= 0.6 is 0 Å². The van der Waals surface area contributed by atoms with E-state index in [-0.39, 0.29) is 5.91 Å². The predicted molar refractivity (Wildman–Crippen MR) is 88.4 cm³/mol. The van der Waals surface area contributed by atoms with Crippen molar-refractivity contribution in [3.63, 3.8) is 0 Å². The van der Waals surface area contributed by atoms with Crippen LogP contribution in [0.2, 0.25) is 0 Å². The summed E-state index contributed by atoms with van der Waals surface area (Å²) in [6.45, 7) is 2.57. The molecule has 2 heterocycles. The molecule has 23 heavy (non-hydrogen) atoms. The Bertz CT molecular complexity index is 827. The Morgan fingerprint density at radius 2 is 1.91 bits per heavy atom. The second kappa shape index (κ2) is 5.85. The van der Waals surface area contributed by atoms with Crippen molar-refractivity contribution >= 4 is 16.8 Å². The zero-order chi connectivity index (χ0) is 15.6. The molecule has 0 bridgehead atoms. The number of benzene rings is 2. The summed E-state index contributed by atoms with van der Waals surface area (Å²) in [5.41, 5.74) is 3.40. The number of carbonyl (C=O) groups is 1. The van der Waals surface area contributed by atoms with Crippen LogP contribution in [0.4, 0.5) is 0 Å². The van der Waals surface area contributed by atoms with Crippen LogP contribution in [0.1, 0.15) is 11.1 Å². The fraction of sp³-hybridized carbons (Fsp3) is 0.222. The Labute approximate surface area is 134 Å². The molecule has 0 aliphatic carbocycles. The third-order valence-electron chi connectivity index (χ3n) is 4.27. The Morgan fingerprint density at radius 1 is 1.04 bits per heavy atom. The SMILES string of the molecule is O=C1CN(Cc2cccc3[nH]ncc23)CN1Cc1ccccc1. The third-order valence-corrected chi connectivity index (χ3v) is 4.27. The van der Waals surface area contributed by atoms with Gasteiger partial charge < -0.3 is 4.90 Å². The second-order valence-electron chi connectivity index (χ2n) is 5.95. The second-order valence-corrected chi connectivity index (χ2v) is 5.95. The maximum atomic E-state index is 12.3. The van der Waals surface area contributed by atoms with Gasteiger partial charge in [-0.15, -0.1) is 0 Å². The monoisotopic (exact) mass is 306 g/mol. The number of carbonyl (C=O) groups excluding carboxylic acids is 1. The smallest absolute Gasteiger partial charge is 0.238 e. The van der Waals surface area contributed by atoms with E-state index in [9.17, 15) is 4.79 Å². The van der Waals surface area contributed by atoms with Gasteiger partial charge in [0.2, 0.25) is 5.91 Å². The van der Waals surface area contributed by atoms with Gasteiger partial charge in [-0.25, -0.2) is 0 Å². The zero-order valence-corrected chi connectivity index (χ0v) is 12.8. The summed E-state index contributed by atoms with van der Waals surface area (Å²) in [4.78, 5) is 16.3. The Kier molecular flexibility index (Phi) is 3.55. The molecule has 0 saturated carbocycles. The van der Waals surface area contributed by atoms with Crippen LogP contribution in [0.5, 0.6) is 0 Å². The van der Waals surface area contributed by atoms with Gasteiger partial charge in [0.25, 0.3) is 0 Å². The van der Waals surface area contributed by atoms with Crippen LogP contribution in [0.3, 0.4) is 0 Å². The average molecular weight is 306 g/mol. The fourth-order valence-corrected chi connectivity index (χ4v) is 3.12. The summed E-state index contributed by atoms with van der Waals surface area (Å²) in [5, 5.41) is 8.22. The normalized spacial score (nSPS) is 15.7. The number of rotatable bonds is 4. The number of hydrogen-bond acceptors (Lipinski definition) is 3. The number of aromatic nitrogens is 2. The first kappa shape index (κ1) is 14.0. The Balaban J connectivity index is 1.47. The van der Waals surface area contributed by atoms with Crippen LogP contribution in [0.25, 0.3) is 10.9 Å². The van der Waals surface area contributed by atoms with E-state index in [1.54, 1.807) is 0 Å². The van der Waals surface area contributed by atoms with Crippen molar-refractivity contribution in [1.82, 2.24) is 20.0 Å². The lowest BCUT2D eigenvalue weighted by atomic mass is 10.1. The van der Waals surface area contributed by atoms with Gasteiger partial charge in [-0.05, 0) is 17.2 Å². The average Bonchev–Trinajstić information content (AvgIpc) is 3.16. The summed E-state index contributed by atoms with van der Waals surface area (Å²) in [6.07, 6.45) is 1.85. The lowest BCUT2D eigenvalue weighted by molar-refractivity contribution is -0.127. The van der Waals surface area contributed by atoms with Gasteiger partial charge in [0.05, 0.1) is 24.9 Å². The van der Waals surface area contributed by atoms with Crippen LogP contribution in [0, 0.1) is 0 Å². The van der Waals surface area contributed by atoms with Crippen molar-refractivity contribution < 1.29 is 4.79 Å². The quantitative estimate of drug-likeness (QED) is 0.805. The molecule has 1 N–H and O–H groups in total. The lowest BCUT2D eigenvalue weighted by Crippen LogP contribution is -2.26. The minimum Gasteiger partial charge on any atom is -0.324 e. The molecular weight excluding hydrogens is 288 g/mol. The first-order valence-electron chi connectivity index (χ1n) is 7.74. The van der Waals surface area contributed by atoms with Gasteiger partial charge in [0, 0.05) is 18.5 Å². The van der Waals surface area contributed by atoms with E-state index in [1.807, 2.05) is 41.4 Å². The summed E-state index contributed by atoms with van der Waals surface area (Å²) >= 11 is 0. The van der Waals surface area contributed by atoms with Gasteiger partial charge in [-0.3, -0.25) is 14.8 Å². The fourth-order valence-electron chi connectivity index (χ4n) is 3.12. The number of hydrogen-bond donors (Lipinski definition) is 1. The number of fused-ring (bicyclic) bond motifs is 1. The van der Waals surface area contributed by atoms with Crippen molar-refractivity contribution in [3.05, 3.63) is 65.9 Å². The maximum Gasteiger partial charge on any atom is 0.238 e. The summed E-state index contributed by atoms with van der Waals surface area (Å²) in [5.74, 6) is 0.188. The highest BCUT2D eigenvalue weighted by molar-refractivity contribution is 5.82. The molecular formula is C18H18N4O. The third kappa shape index (κ3) is 2.83. The molecule has 116 valence electrons.